The lowest BCUT2D eigenvalue weighted by Crippen LogP contribution is -2.19. The van der Waals surface area contributed by atoms with Crippen LogP contribution in [0.1, 0.15) is 33.3 Å². The summed E-state index contributed by atoms with van der Waals surface area (Å²) in [6, 6.07) is 7.48. The molecule has 5 nitrogen and oxygen atoms in total. The smallest absolute Gasteiger partial charge is 0.348 e. The van der Waals surface area contributed by atoms with E-state index in [0.717, 1.165) is 16.7 Å². The number of carbonyl (C=O) groups is 2. The minimum atomic E-state index is -0.368. The highest BCUT2D eigenvalue weighted by atomic mass is 32.1. The van der Waals surface area contributed by atoms with Gasteiger partial charge in [-0.1, -0.05) is 12.1 Å². The Kier molecular flexibility index (Phi) is 5.98. The first-order valence-electron chi connectivity index (χ1n) is 7.68. The van der Waals surface area contributed by atoms with E-state index in [1.807, 2.05) is 39.0 Å². The largest absolute Gasteiger partial charge is 0.483 e. The molecular weight excluding hydrogens is 326 g/mol. The van der Waals surface area contributed by atoms with Crippen molar-refractivity contribution >= 4 is 28.2 Å². The SMILES string of the molecule is CCOC(=O)c1sc(NC(=O)COc2cccc(C)c2C)cc1C. The zero-order chi connectivity index (χ0) is 17.7. The molecule has 0 saturated heterocycles. The van der Waals surface area contributed by atoms with Gasteiger partial charge < -0.3 is 14.8 Å². The monoisotopic (exact) mass is 347 g/mol. The number of rotatable bonds is 6. The summed E-state index contributed by atoms with van der Waals surface area (Å²) < 4.78 is 10.6. The van der Waals surface area contributed by atoms with Gasteiger partial charge in [-0.05, 0) is 56.5 Å². The van der Waals surface area contributed by atoms with Gasteiger partial charge in [0.15, 0.2) is 6.61 Å². The molecule has 6 heteroatoms. The quantitative estimate of drug-likeness (QED) is 0.806. The van der Waals surface area contributed by atoms with E-state index in [1.165, 1.54) is 11.3 Å². The molecule has 24 heavy (non-hydrogen) atoms. The van der Waals surface area contributed by atoms with Crippen molar-refractivity contribution in [1.82, 2.24) is 0 Å². The summed E-state index contributed by atoms with van der Waals surface area (Å²) in [6.45, 7) is 7.75. The fraction of sp³-hybridized carbons (Fsp3) is 0.333. The van der Waals surface area contributed by atoms with E-state index in [0.29, 0.717) is 22.2 Å². The molecule has 2 aromatic rings. The Labute approximate surface area is 145 Å². The molecule has 1 N–H and O–H groups in total. The van der Waals surface area contributed by atoms with Gasteiger partial charge in [-0.25, -0.2) is 4.79 Å². The Morgan fingerprint density at radius 3 is 2.62 bits per heavy atom. The number of nitrogens with one attached hydrogen (secondary N) is 1. The highest BCUT2D eigenvalue weighted by Crippen LogP contribution is 2.27. The zero-order valence-corrected chi connectivity index (χ0v) is 15.1. The molecule has 0 atom stereocenters. The first-order valence-corrected chi connectivity index (χ1v) is 8.50. The number of hydrogen-bond acceptors (Lipinski definition) is 5. The summed E-state index contributed by atoms with van der Waals surface area (Å²) in [4.78, 5) is 24.4. The van der Waals surface area contributed by atoms with Crippen LogP contribution < -0.4 is 10.1 Å². The van der Waals surface area contributed by atoms with Gasteiger partial charge in [0.1, 0.15) is 10.6 Å². The van der Waals surface area contributed by atoms with E-state index in [9.17, 15) is 9.59 Å². The Hall–Kier alpha value is -2.34. The third-order valence-electron chi connectivity index (χ3n) is 3.55. The number of benzene rings is 1. The van der Waals surface area contributed by atoms with Crippen molar-refractivity contribution in [3.05, 3.63) is 45.8 Å². The van der Waals surface area contributed by atoms with Gasteiger partial charge in [-0.2, -0.15) is 0 Å². The number of anilines is 1. The fourth-order valence-electron chi connectivity index (χ4n) is 2.14. The molecule has 1 aromatic heterocycles. The van der Waals surface area contributed by atoms with Gasteiger partial charge >= 0.3 is 5.97 Å². The van der Waals surface area contributed by atoms with Crippen LogP contribution in [-0.2, 0) is 9.53 Å². The molecule has 0 aliphatic heterocycles. The standard InChI is InChI=1S/C18H21NO4S/c1-5-22-18(21)17-12(3)9-16(24-17)19-15(20)10-23-14-8-6-7-11(2)13(14)4/h6-9H,5,10H2,1-4H3,(H,19,20). The maximum Gasteiger partial charge on any atom is 0.348 e. The molecule has 1 heterocycles. The van der Waals surface area contributed by atoms with Gasteiger partial charge in [-0.15, -0.1) is 11.3 Å². The molecule has 0 unspecified atom stereocenters. The van der Waals surface area contributed by atoms with Gasteiger partial charge in [0.25, 0.3) is 5.91 Å². The first kappa shape index (κ1) is 18.0. The molecule has 0 aliphatic carbocycles. The molecular formula is C18H21NO4S. The van der Waals surface area contributed by atoms with Crippen molar-refractivity contribution in [3.8, 4) is 5.75 Å². The summed E-state index contributed by atoms with van der Waals surface area (Å²) >= 11 is 1.20. The van der Waals surface area contributed by atoms with Crippen molar-refractivity contribution in [2.75, 3.05) is 18.5 Å². The summed E-state index contributed by atoms with van der Waals surface area (Å²) in [5.41, 5.74) is 2.91. The predicted molar refractivity (Wildman–Crippen MR) is 95.1 cm³/mol. The number of amides is 1. The summed E-state index contributed by atoms with van der Waals surface area (Å²) in [5, 5.41) is 3.35. The molecule has 0 fully saturated rings. The van der Waals surface area contributed by atoms with Crippen LogP contribution >= 0.6 is 11.3 Å². The molecule has 1 aromatic carbocycles. The summed E-state index contributed by atoms with van der Waals surface area (Å²) in [7, 11) is 0. The molecule has 0 bridgehead atoms. The lowest BCUT2D eigenvalue weighted by Gasteiger charge is -2.10. The summed E-state index contributed by atoms with van der Waals surface area (Å²) in [5.74, 6) is 0.0550. The number of ether oxygens (including phenoxy) is 2. The highest BCUT2D eigenvalue weighted by molar-refractivity contribution is 7.18. The second-order valence-electron chi connectivity index (χ2n) is 5.38. The molecule has 0 radical (unpaired) electrons. The lowest BCUT2D eigenvalue weighted by molar-refractivity contribution is -0.118. The van der Waals surface area contributed by atoms with Gasteiger partial charge in [-0.3, -0.25) is 4.79 Å². The van der Waals surface area contributed by atoms with E-state index >= 15 is 0 Å². The Morgan fingerprint density at radius 2 is 1.92 bits per heavy atom. The van der Waals surface area contributed by atoms with Gasteiger partial charge in [0.05, 0.1) is 11.6 Å². The number of carbonyl (C=O) groups excluding carboxylic acids is 2. The minimum Gasteiger partial charge on any atom is -0.483 e. The molecule has 1 amide bonds. The number of aryl methyl sites for hydroxylation is 2. The third kappa shape index (κ3) is 4.35. The first-order chi connectivity index (χ1) is 11.4. The van der Waals surface area contributed by atoms with E-state index in [-0.39, 0.29) is 18.5 Å². The molecule has 0 aliphatic rings. The lowest BCUT2D eigenvalue weighted by atomic mass is 10.1. The second kappa shape index (κ2) is 7.97. The molecule has 2 rings (SSSR count). The second-order valence-corrected chi connectivity index (χ2v) is 6.43. The van der Waals surface area contributed by atoms with Crippen LogP contribution in [0.4, 0.5) is 5.00 Å². The van der Waals surface area contributed by atoms with Crippen LogP contribution in [0.5, 0.6) is 5.75 Å². The minimum absolute atomic E-state index is 0.0873. The van der Waals surface area contributed by atoms with E-state index < -0.39 is 0 Å². The Bertz CT molecular complexity index is 751. The van der Waals surface area contributed by atoms with Crippen LogP contribution in [0.25, 0.3) is 0 Å². The van der Waals surface area contributed by atoms with Crippen molar-refractivity contribution < 1.29 is 19.1 Å². The predicted octanol–water partition coefficient (Wildman–Crippen LogP) is 3.87. The Balaban J connectivity index is 1.96. The van der Waals surface area contributed by atoms with Crippen molar-refractivity contribution in [2.24, 2.45) is 0 Å². The third-order valence-corrected chi connectivity index (χ3v) is 4.69. The Morgan fingerprint density at radius 1 is 1.17 bits per heavy atom. The molecule has 128 valence electrons. The summed E-state index contributed by atoms with van der Waals surface area (Å²) in [6.07, 6.45) is 0. The van der Waals surface area contributed by atoms with Crippen molar-refractivity contribution in [3.63, 3.8) is 0 Å². The fourth-order valence-corrected chi connectivity index (χ4v) is 3.12. The molecule has 0 spiro atoms. The number of hydrogen-bond donors (Lipinski definition) is 1. The maximum absolute atomic E-state index is 12.1. The normalized spacial score (nSPS) is 10.3. The van der Waals surface area contributed by atoms with Crippen LogP contribution in [0.3, 0.4) is 0 Å². The van der Waals surface area contributed by atoms with Gasteiger partial charge in [0, 0.05) is 0 Å². The maximum atomic E-state index is 12.1. The average molecular weight is 347 g/mol. The topological polar surface area (TPSA) is 64.6 Å². The van der Waals surface area contributed by atoms with Crippen molar-refractivity contribution in [2.45, 2.75) is 27.7 Å². The van der Waals surface area contributed by atoms with Crippen LogP contribution in [0.2, 0.25) is 0 Å². The van der Waals surface area contributed by atoms with E-state index in [2.05, 4.69) is 5.32 Å². The number of thiophene rings is 1. The average Bonchev–Trinajstić information content (AvgIpc) is 2.89. The molecule has 0 saturated carbocycles. The van der Waals surface area contributed by atoms with Crippen molar-refractivity contribution in [1.29, 1.82) is 0 Å². The highest BCUT2D eigenvalue weighted by Gasteiger charge is 2.16. The van der Waals surface area contributed by atoms with E-state index in [4.69, 9.17) is 9.47 Å². The van der Waals surface area contributed by atoms with Crippen LogP contribution in [0, 0.1) is 20.8 Å². The van der Waals surface area contributed by atoms with Crippen LogP contribution in [-0.4, -0.2) is 25.1 Å². The van der Waals surface area contributed by atoms with E-state index in [1.54, 1.807) is 13.0 Å². The zero-order valence-electron chi connectivity index (χ0n) is 14.3. The number of esters is 1. The van der Waals surface area contributed by atoms with Crippen LogP contribution in [0.15, 0.2) is 24.3 Å². The van der Waals surface area contributed by atoms with Gasteiger partial charge in [0.2, 0.25) is 0 Å².